The van der Waals surface area contributed by atoms with E-state index in [9.17, 15) is 4.79 Å². The molecule has 0 spiro atoms. The molecule has 0 aromatic carbocycles. The van der Waals surface area contributed by atoms with Crippen LogP contribution in [0.4, 0.5) is 0 Å². The second kappa shape index (κ2) is 7.15. The lowest BCUT2D eigenvalue weighted by Crippen LogP contribution is -2.27. The predicted octanol–water partition coefficient (Wildman–Crippen LogP) is 2.53. The number of hydrogen-bond donors (Lipinski definition) is 1. The Kier molecular flexibility index (Phi) is 4.77. The van der Waals surface area contributed by atoms with Gasteiger partial charge in [0.15, 0.2) is 5.82 Å². The molecule has 0 saturated heterocycles. The molecule has 0 aliphatic carbocycles. The second-order valence-corrected chi connectivity index (χ2v) is 5.72. The van der Waals surface area contributed by atoms with Gasteiger partial charge in [0.25, 0.3) is 5.91 Å². The molecule has 3 aromatic rings. The molecule has 0 radical (unpaired) electrons. The summed E-state index contributed by atoms with van der Waals surface area (Å²) in [6.07, 6.45) is 8.51. The molecule has 0 unspecified atom stereocenters. The maximum absolute atomic E-state index is 12.1. The fraction of sp³-hybridized carbons (Fsp3) is 0.125. The van der Waals surface area contributed by atoms with Crippen LogP contribution in [0.15, 0.2) is 59.7 Å². The minimum absolute atomic E-state index is 0.154. The van der Waals surface area contributed by atoms with Crippen LogP contribution in [0.5, 0.6) is 0 Å². The highest BCUT2D eigenvalue weighted by Gasteiger charge is 2.08. The molecule has 23 heavy (non-hydrogen) atoms. The Morgan fingerprint density at radius 3 is 2.91 bits per heavy atom. The molecule has 0 aliphatic heterocycles. The number of pyridine rings is 2. The van der Waals surface area contributed by atoms with E-state index in [4.69, 9.17) is 0 Å². The highest BCUT2D eigenvalue weighted by molar-refractivity contribution is 9.10. The first-order chi connectivity index (χ1) is 11.2. The lowest BCUT2D eigenvalue weighted by molar-refractivity contribution is 0.0952. The van der Waals surface area contributed by atoms with E-state index in [0.717, 1.165) is 16.0 Å². The third-order valence-corrected chi connectivity index (χ3v) is 3.65. The van der Waals surface area contributed by atoms with E-state index < -0.39 is 0 Å². The number of carbonyl (C=O) groups is 1. The van der Waals surface area contributed by atoms with Gasteiger partial charge in [-0.2, -0.15) is 0 Å². The van der Waals surface area contributed by atoms with Gasteiger partial charge in [0, 0.05) is 48.5 Å². The van der Waals surface area contributed by atoms with Crippen molar-refractivity contribution in [3.05, 3.63) is 65.3 Å². The van der Waals surface area contributed by atoms with Gasteiger partial charge in [0.05, 0.1) is 5.56 Å². The zero-order chi connectivity index (χ0) is 16.1. The molecule has 0 bridgehead atoms. The van der Waals surface area contributed by atoms with Crippen molar-refractivity contribution < 1.29 is 4.79 Å². The highest BCUT2D eigenvalue weighted by Crippen LogP contribution is 2.13. The Morgan fingerprint density at radius 2 is 2.13 bits per heavy atom. The van der Waals surface area contributed by atoms with Crippen molar-refractivity contribution in [1.82, 2.24) is 24.8 Å². The quantitative estimate of drug-likeness (QED) is 0.747. The van der Waals surface area contributed by atoms with Gasteiger partial charge < -0.3 is 9.88 Å². The second-order valence-electron chi connectivity index (χ2n) is 4.81. The van der Waals surface area contributed by atoms with Gasteiger partial charge in [-0.25, -0.2) is 4.98 Å². The molecule has 0 fully saturated rings. The molecule has 116 valence electrons. The molecule has 6 nitrogen and oxygen atoms in total. The van der Waals surface area contributed by atoms with Crippen LogP contribution in [0.1, 0.15) is 10.4 Å². The number of aromatic nitrogens is 4. The summed E-state index contributed by atoms with van der Waals surface area (Å²) < 4.78 is 2.74. The maximum atomic E-state index is 12.1. The number of nitrogens with one attached hydrogen (secondary N) is 1. The summed E-state index contributed by atoms with van der Waals surface area (Å²) in [5.41, 5.74) is 1.33. The van der Waals surface area contributed by atoms with Crippen LogP contribution in [-0.2, 0) is 6.54 Å². The first-order valence-electron chi connectivity index (χ1n) is 7.05. The van der Waals surface area contributed by atoms with Crippen molar-refractivity contribution in [2.75, 3.05) is 6.54 Å². The van der Waals surface area contributed by atoms with Crippen LogP contribution in [0.25, 0.3) is 11.5 Å². The van der Waals surface area contributed by atoms with Gasteiger partial charge in [0.2, 0.25) is 0 Å². The summed E-state index contributed by atoms with van der Waals surface area (Å²) >= 11 is 3.30. The molecule has 7 heteroatoms. The highest BCUT2D eigenvalue weighted by atomic mass is 79.9. The molecular formula is C16H14BrN5O. The van der Waals surface area contributed by atoms with E-state index in [-0.39, 0.29) is 5.91 Å². The van der Waals surface area contributed by atoms with Crippen molar-refractivity contribution in [2.45, 2.75) is 6.54 Å². The summed E-state index contributed by atoms with van der Waals surface area (Å²) in [6.45, 7) is 1.10. The molecule has 3 rings (SSSR count). The van der Waals surface area contributed by atoms with Gasteiger partial charge >= 0.3 is 0 Å². The van der Waals surface area contributed by atoms with Crippen molar-refractivity contribution >= 4 is 21.8 Å². The van der Waals surface area contributed by atoms with E-state index >= 15 is 0 Å². The Hall–Kier alpha value is -2.54. The summed E-state index contributed by atoms with van der Waals surface area (Å²) in [6, 6.07) is 7.43. The van der Waals surface area contributed by atoms with E-state index in [1.165, 1.54) is 6.20 Å². The largest absolute Gasteiger partial charge is 0.350 e. The zero-order valence-electron chi connectivity index (χ0n) is 12.2. The number of imidazole rings is 1. The van der Waals surface area contributed by atoms with Crippen LogP contribution in [0.2, 0.25) is 0 Å². The summed E-state index contributed by atoms with van der Waals surface area (Å²) in [5, 5.41) is 2.87. The lowest BCUT2D eigenvalue weighted by atomic mass is 10.3. The molecule has 0 saturated carbocycles. The first-order valence-corrected chi connectivity index (χ1v) is 7.84. The van der Waals surface area contributed by atoms with Crippen molar-refractivity contribution in [3.8, 4) is 11.5 Å². The summed E-state index contributed by atoms with van der Waals surface area (Å²) in [7, 11) is 0. The molecule has 3 aromatic heterocycles. The Morgan fingerprint density at radius 1 is 1.22 bits per heavy atom. The smallest absolute Gasteiger partial charge is 0.252 e. The zero-order valence-corrected chi connectivity index (χ0v) is 13.8. The van der Waals surface area contributed by atoms with E-state index in [0.29, 0.717) is 18.7 Å². The number of nitrogens with zero attached hydrogens (tertiary/aromatic N) is 4. The maximum Gasteiger partial charge on any atom is 0.252 e. The Bertz CT molecular complexity index is 803. The third kappa shape index (κ3) is 3.81. The lowest BCUT2D eigenvalue weighted by Gasteiger charge is -2.09. The Labute approximate surface area is 141 Å². The van der Waals surface area contributed by atoms with E-state index in [1.807, 2.05) is 29.0 Å². The number of carbonyl (C=O) groups excluding carboxylic acids is 1. The van der Waals surface area contributed by atoms with Crippen molar-refractivity contribution in [3.63, 3.8) is 0 Å². The van der Waals surface area contributed by atoms with Crippen LogP contribution in [0.3, 0.4) is 0 Å². The van der Waals surface area contributed by atoms with E-state index in [2.05, 4.69) is 36.2 Å². The third-order valence-electron chi connectivity index (χ3n) is 3.21. The predicted molar refractivity (Wildman–Crippen MR) is 89.7 cm³/mol. The van der Waals surface area contributed by atoms with Gasteiger partial charge in [-0.3, -0.25) is 14.8 Å². The fourth-order valence-corrected chi connectivity index (χ4v) is 2.51. The van der Waals surface area contributed by atoms with Gasteiger partial charge in [0.1, 0.15) is 5.69 Å². The van der Waals surface area contributed by atoms with Crippen LogP contribution in [0, 0.1) is 0 Å². The molecule has 0 atom stereocenters. The minimum atomic E-state index is -0.154. The summed E-state index contributed by atoms with van der Waals surface area (Å²) in [4.78, 5) is 24.7. The van der Waals surface area contributed by atoms with Gasteiger partial charge in [-0.15, -0.1) is 0 Å². The SMILES string of the molecule is O=C(NCCn1ccnc1-c1ccccn1)c1cncc(Br)c1. The van der Waals surface area contributed by atoms with Crippen LogP contribution < -0.4 is 5.32 Å². The number of amides is 1. The average molecular weight is 372 g/mol. The first kappa shape index (κ1) is 15.4. The standard InChI is InChI=1S/C16H14BrN5O/c17-13-9-12(10-18-11-13)16(23)21-6-8-22-7-5-20-15(22)14-3-1-2-4-19-14/h1-5,7,9-11H,6,8H2,(H,21,23). The number of halogens is 1. The molecule has 1 N–H and O–H groups in total. The minimum Gasteiger partial charge on any atom is -0.350 e. The Balaban J connectivity index is 1.62. The van der Waals surface area contributed by atoms with Crippen molar-refractivity contribution in [1.29, 1.82) is 0 Å². The van der Waals surface area contributed by atoms with Crippen molar-refractivity contribution in [2.24, 2.45) is 0 Å². The average Bonchev–Trinajstić information content (AvgIpc) is 3.04. The molecular weight excluding hydrogens is 358 g/mol. The van der Waals surface area contributed by atoms with Crippen LogP contribution >= 0.6 is 15.9 Å². The normalized spacial score (nSPS) is 10.5. The fourth-order valence-electron chi connectivity index (χ4n) is 2.15. The van der Waals surface area contributed by atoms with Gasteiger partial charge in [-0.05, 0) is 34.1 Å². The monoisotopic (exact) mass is 371 g/mol. The van der Waals surface area contributed by atoms with Gasteiger partial charge in [-0.1, -0.05) is 6.07 Å². The molecule has 1 amide bonds. The van der Waals surface area contributed by atoms with E-state index in [1.54, 1.807) is 24.7 Å². The summed E-state index contributed by atoms with van der Waals surface area (Å²) in [5.74, 6) is 0.627. The molecule has 3 heterocycles. The molecule has 0 aliphatic rings. The van der Waals surface area contributed by atoms with Crippen LogP contribution in [-0.4, -0.2) is 32.0 Å². The number of rotatable bonds is 5. The topological polar surface area (TPSA) is 72.7 Å². The number of hydrogen-bond acceptors (Lipinski definition) is 4.